The number of carboxylic acid groups (broad SMARTS) is 2. The van der Waals surface area contributed by atoms with Crippen LogP contribution in [0, 0.1) is 20.2 Å². The quantitative estimate of drug-likeness (QED) is 0.374. The molecule has 0 amide bonds. The van der Waals surface area contributed by atoms with Gasteiger partial charge in [-0.2, -0.15) is 0 Å². The average molecular weight is 440 g/mol. The van der Waals surface area contributed by atoms with E-state index in [0.717, 1.165) is 36.4 Å². The molecule has 0 saturated heterocycles. The lowest BCUT2D eigenvalue weighted by molar-refractivity contribution is -0.385. The smallest absolute Gasteiger partial charge is 0.339 e. The van der Waals surface area contributed by atoms with Crippen molar-refractivity contribution >= 4 is 23.3 Å². The second kappa shape index (κ2) is 8.79. The first-order valence-corrected chi connectivity index (χ1v) is 8.65. The number of hydrogen-bond donors (Lipinski definition) is 2. The van der Waals surface area contributed by atoms with Crippen molar-refractivity contribution in [2.24, 2.45) is 0 Å². The van der Waals surface area contributed by atoms with Crippen LogP contribution in [0.3, 0.4) is 0 Å². The van der Waals surface area contributed by atoms with Gasteiger partial charge in [-0.1, -0.05) is 0 Å². The lowest BCUT2D eigenvalue weighted by Gasteiger charge is -2.14. The van der Waals surface area contributed by atoms with Crippen molar-refractivity contribution in [3.8, 4) is 23.0 Å². The lowest BCUT2D eigenvalue weighted by Crippen LogP contribution is -2.06. The third-order valence-corrected chi connectivity index (χ3v) is 4.09. The van der Waals surface area contributed by atoms with Crippen molar-refractivity contribution in [2.45, 2.75) is 0 Å². The van der Waals surface area contributed by atoms with Crippen molar-refractivity contribution in [1.29, 1.82) is 0 Å². The van der Waals surface area contributed by atoms with Crippen molar-refractivity contribution < 1.29 is 39.1 Å². The summed E-state index contributed by atoms with van der Waals surface area (Å²) in [6, 6.07) is 11.3. The molecule has 0 heterocycles. The Morgan fingerprint density at radius 1 is 0.656 bits per heavy atom. The minimum Gasteiger partial charge on any atom is -0.478 e. The van der Waals surface area contributed by atoms with E-state index in [9.17, 15) is 40.0 Å². The number of nitrogens with zero attached hydrogens (tertiary/aromatic N) is 2. The number of rotatable bonds is 8. The van der Waals surface area contributed by atoms with Crippen LogP contribution in [0.25, 0.3) is 0 Å². The van der Waals surface area contributed by atoms with Gasteiger partial charge in [0.25, 0.3) is 11.4 Å². The monoisotopic (exact) mass is 440 g/mol. The maximum atomic E-state index is 11.7. The lowest BCUT2D eigenvalue weighted by atomic mass is 10.1. The molecule has 0 aliphatic rings. The topological polar surface area (TPSA) is 179 Å². The summed E-state index contributed by atoms with van der Waals surface area (Å²) >= 11 is 0. The van der Waals surface area contributed by atoms with Crippen LogP contribution in [-0.4, -0.2) is 32.0 Å². The van der Waals surface area contributed by atoms with Gasteiger partial charge in [0.05, 0.1) is 9.85 Å². The highest BCUT2D eigenvalue weighted by Crippen LogP contribution is 2.35. The van der Waals surface area contributed by atoms with E-state index in [-0.39, 0.29) is 34.4 Å². The van der Waals surface area contributed by atoms with E-state index in [2.05, 4.69) is 0 Å². The Morgan fingerprint density at radius 3 is 1.22 bits per heavy atom. The molecule has 0 atom stereocenters. The number of benzene rings is 3. The first-order valence-electron chi connectivity index (χ1n) is 8.65. The van der Waals surface area contributed by atoms with Crippen LogP contribution in [0.1, 0.15) is 20.7 Å². The fourth-order valence-corrected chi connectivity index (χ4v) is 2.59. The normalized spacial score (nSPS) is 10.2. The fraction of sp³-hybridized carbons (Fsp3) is 0. The first kappa shape index (κ1) is 21.7. The van der Waals surface area contributed by atoms with E-state index in [1.165, 1.54) is 24.3 Å². The summed E-state index contributed by atoms with van der Waals surface area (Å²) in [4.78, 5) is 43.7. The van der Waals surface area contributed by atoms with Gasteiger partial charge in [-0.05, 0) is 36.4 Å². The highest BCUT2D eigenvalue weighted by Gasteiger charge is 2.22. The van der Waals surface area contributed by atoms with Gasteiger partial charge in [-0.25, -0.2) is 9.59 Å². The largest absolute Gasteiger partial charge is 0.478 e. The van der Waals surface area contributed by atoms with E-state index in [0.29, 0.717) is 0 Å². The van der Waals surface area contributed by atoms with Gasteiger partial charge in [-0.3, -0.25) is 20.2 Å². The summed E-state index contributed by atoms with van der Waals surface area (Å²) in [5.74, 6) is -3.49. The number of nitro benzene ring substituents is 2. The highest BCUT2D eigenvalue weighted by molar-refractivity contribution is 5.97. The Labute approximate surface area is 178 Å². The Balaban J connectivity index is 1.99. The number of non-ortho nitro benzene ring substituents is 2. The Kier molecular flexibility index (Phi) is 5.96. The van der Waals surface area contributed by atoms with Crippen molar-refractivity contribution in [3.63, 3.8) is 0 Å². The number of hydrogen-bond acceptors (Lipinski definition) is 8. The van der Waals surface area contributed by atoms with Gasteiger partial charge in [0.15, 0.2) is 0 Å². The van der Waals surface area contributed by atoms with Crippen LogP contribution in [0.2, 0.25) is 0 Å². The molecule has 2 N–H and O–H groups in total. The molecule has 0 aliphatic carbocycles. The first-order chi connectivity index (χ1) is 15.2. The summed E-state index contributed by atoms with van der Waals surface area (Å²) in [5.41, 5.74) is -1.31. The van der Waals surface area contributed by atoms with Gasteiger partial charge in [0, 0.05) is 24.3 Å². The van der Waals surface area contributed by atoms with Crippen LogP contribution in [0.15, 0.2) is 60.7 Å². The molecule has 0 aromatic heterocycles. The zero-order valence-corrected chi connectivity index (χ0v) is 15.8. The van der Waals surface area contributed by atoms with E-state index >= 15 is 0 Å². The molecule has 3 aromatic rings. The summed E-state index contributed by atoms with van der Waals surface area (Å²) in [7, 11) is 0. The Bertz CT molecular complexity index is 1120. The van der Waals surface area contributed by atoms with Gasteiger partial charge in [0.2, 0.25) is 0 Å². The molecule has 3 rings (SSSR count). The fourth-order valence-electron chi connectivity index (χ4n) is 2.59. The Hall–Kier alpha value is -5.00. The van der Waals surface area contributed by atoms with Crippen molar-refractivity contribution in [3.05, 3.63) is 92.0 Å². The maximum absolute atomic E-state index is 11.7. The summed E-state index contributed by atoms with van der Waals surface area (Å²) in [6.07, 6.45) is 0. The number of nitro groups is 2. The summed E-state index contributed by atoms with van der Waals surface area (Å²) in [6.45, 7) is 0. The molecule has 12 heteroatoms. The number of ether oxygens (including phenoxy) is 2. The molecule has 0 fully saturated rings. The van der Waals surface area contributed by atoms with Crippen LogP contribution in [-0.2, 0) is 0 Å². The van der Waals surface area contributed by atoms with Crippen LogP contribution >= 0.6 is 0 Å². The number of carbonyl (C=O) groups is 2. The predicted molar refractivity (Wildman–Crippen MR) is 107 cm³/mol. The standard InChI is InChI=1S/C20H12N2O10/c23-19(24)15-10-18(32-14-7-3-12(4-8-14)22(29)30)16(20(25)26)9-17(15)31-13-5-1-11(2-6-13)21(27)28/h1-10H,(H,23,24)(H,25,26). The summed E-state index contributed by atoms with van der Waals surface area (Å²) < 4.78 is 10.9. The molecule has 0 radical (unpaired) electrons. The molecular weight excluding hydrogens is 428 g/mol. The zero-order valence-electron chi connectivity index (χ0n) is 15.8. The van der Waals surface area contributed by atoms with Crippen LogP contribution in [0.5, 0.6) is 23.0 Å². The minimum absolute atomic E-state index is 0.0403. The van der Waals surface area contributed by atoms with Gasteiger partial charge >= 0.3 is 11.9 Å². The maximum Gasteiger partial charge on any atom is 0.339 e. The second-order valence-corrected chi connectivity index (χ2v) is 6.16. The van der Waals surface area contributed by atoms with E-state index in [1.54, 1.807) is 0 Å². The van der Waals surface area contributed by atoms with Gasteiger partial charge < -0.3 is 19.7 Å². The third-order valence-electron chi connectivity index (χ3n) is 4.09. The van der Waals surface area contributed by atoms with E-state index in [1.807, 2.05) is 0 Å². The predicted octanol–water partition coefficient (Wildman–Crippen LogP) is 4.48. The molecule has 162 valence electrons. The van der Waals surface area contributed by atoms with Crippen LogP contribution < -0.4 is 9.47 Å². The second-order valence-electron chi connectivity index (χ2n) is 6.16. The van der Waals surface area contributed by atoms with Crippen LogP contribution in [0.4, 0.5) is 11.4 Å². The average Bonchev–Trinajstić information content (AvgIpc) is 2.74. The van der Waals surface area contributed by atoms with E-state index in [4.69, 9.17) is 9.47 Å². The van der Waals surface area contributed by atoms with Crippen molar-refractivity contribution in [1.82, 2.24) is 0 Å². The zero-order chi connectivity index (χ0) is 23.4. The van der Waals surface area contributed by atoms with Crippen molar-refractivity contribution in [2.75, 3.05) is 0 Å². The molecule has 0 aliphatic heterocycles. The molecule has 0 saturated carbocycles. The third kappa shape index (κ3) is 4.76. The number of carboxylic acids is 2. The highest BCUT2D eigenvalue weighted by atomic mass is 16.6. The molecule has 0 spiro atoms. The molecule has 0 bridgehead atoms. The van der Waals surface area contributed by atoms with E-state index < -0.39 is 32.9 Å². The summed E-state index contributed by atoms with van der Waals surface area (Å²) in [5, 5.41) is 40.6. The SMILES string of the molecule is O=C(O)c1cc(Oc2ccc([N+](=O)[O-])cc2)c(C(=O)O)cc1Oc1ccc([N+](=O)[O-])cc1. The van der Waals surface area contributed by atoms with Gasteiger partial charge in [-0.15, -0.1) is 0 Å². The van der Waals surface area contributed by atoms with Gasteiger partial charge in [0.1, 0.15) is 34.1 Å². The molecule has 12 nitrogen and oxygen atoms in total. The molecule has 3 aromatic carbocycles. The molecule has 0 unspecified atom stereocenters. The molecule has 32 heavy (non-hydrogen) atoms. The minimum atomic E-state index is -1.45. The molecular formula is C20H12N2O10. The number of aromatic carboxylic acids is 2. The Morgan fingerprint density at radius 2 is 0.969 bits per heavy atom.